The van der Waals surface area contributed by atoms with Gasteiger partial charge in [0.05, 0.1) is 5.54 Å². The number of benzene rings is 1. The van der Waals surface area contributed by atoms with Crippen LogP contribution in [0.15, 0.2) is 29.3 Å². The standard InChI is InChI=1S/C18H27N3OS2/c1-5-6-9-12-21(4)15-11-8-7-10-14(15)13-24(22)17-19-16(23)18(2,3)20-17/h7-8,10-11H,5-6,9,12-13H2,1-4H3,(H,19,20,23). The van der Waals surface area contributed by atoms with Crippen molar-refractivity contribution < 1.29 is 4.55 Å². The molecule has 2 rings (SSSR count). The Morgan fingerprint density at radius 3 is 2.62 bits per heavy atom. The van der Waals surface area contributed by atoms with Gasteiger partial charge in [-0.05, 0) is 26.3 Å². The fraction of sp³-hybridized carbons (Fsp3) is 0.556. The molecule has 1 heterocycles. The summed E-state index contributed by atoms with van der Waals surface area (Å²) in [4.78, 5) is 7.11. The van der Waals surface area contributed by atoms with Crippen molar-refractivity contribution in [3.05, 3.63) is 29.8 Å². The van der Waals surface area contributed by atoms with Gasteiger partial charge in [0.25, 0.3) is 0 Å². The van der Waals surface area contributed by atoms with Crippen LogP contribution in [-0.4, -0.2) is 33.8 Å². The second-order valence-electron chi connectivity index (χ2n) is 6.72. The van der Waals surface area contributed by atoms with Crippen LogP contribution in [0, 0.1) is 0 Å². The molecule has 1 unspecified atom stereocenters. The molecule has 1 aliphatic heterocycles. The van der Waals surface area contributed by atoms with Crippen LogP contribution in [0.25, 0.3) is 0 Å². The first-order valence-electron chi connectivity index (χ1n) is 8.44. The summed E-state index contributed by atoms with van der Waals surface area (Å²) in [5.41, 5.74) is 1.83. The van der Waals surface area contributed by atoms with Crippen molar-refractivity contribution in [1.29, 1.82) is 0 Å². The SMILES string of the molecule is CCCCCN(C)c1ccccc1C[S+]([O-])C1=NC(=S)C(C)(C)N1. The number of para-hydroxylation sites is 1. The van der Waals surface area contributed by atoms with E-state index < -0.39 is 16.7 Å². The first-order chi connectivity index (χ1) is 11.3. The van der Waals surface area contributed by atoms with Gasteiger partial charge < -0.3 is 14.8 Å². The van der Waals surface area contributed by atoms with Crippen molar-refractivity contribution in [1.82, 2.24) is 5.32 Å². The van der Waals surface area contributed by atoms with Crippen molar-refractivity contribution in [2.75, 3.05) is 18.5 Å². The molecular formula is C18H27N3OS2. The highest BCUT2D eigenvalue weighted by atomic mass is 32.2. The van der Waals surface area contributed by atoms with Crippen molar-refractivity contribution in [2.24, 2.45) is 4.99 Å². The van der Waals surface area contributed by atoms with Crippen molar-refractivity contribution in [3.63, 3.8) is 0 Å². The molecule has 0 radical (unpaired) electrons. The van der Waals surface area contributed by atoms with E-state index in [1.807, 2.05) is 32.0 Å². The lowest BCUT2D eigenvalue weighted by molar-refractivity contribution is 0.598. The lowest BCUT2D eigenvalue weighted by atomic mass is 10.1. The average Bonchev–Trinajstić information content (AvgIpc) is 2.81. The number of anilines is 1. The number of amidine groups is 1. The van der Waals surface area contributed by atoms with Gasteiger partial charge in [0.1, 0.15) is 10.7 Å². The van der Waals surface area contributed by atoms with Gasteiger partial charge in [-0.3, -0.25) is 0 Å². The third-order valence-corrected chi connectivity index (χ3v) is 5.96. The highest BCUT2D eigenvalue weighted by Gasteiger charge is 2.37. The number of aliphatic imine (C=N–C) groups is 1. The second-order valence-corrected chi connectivity index (χ2v) is 8.47. The molecule has 132 valence electrons. The first-order valence-corrected chi connectivity index (χ1v) is 10.2. The highest BCUT2D eigenvalue weighted by molar-refractivity contribution is 8.05. The molecule has 0 amide bonds. The fourth-order valence-electron chi connectivity index (χ4n) is 2.62. The van der Waals surface area contributed by atoms with Gasteiger partial charge in [-0.1, -0.05) is 50.2 Å². The molecule has 24 heavy (non-hydrogen) atoms. The maximum atomic E-state index is 12.7. The minimum atomic E-state index is -1.22. The zero-order chi connectivity index (χ0) is 17.7. The maximum Gasteiger partial charge on any atom is 0.318 e. The van der Waals surface area contributed by atoms with E-state index in [4.69, 9.17) is 12.2 Å². The molecule has 0 aliphatic carbocycles. The summed E-state index contributed by atoms with van der Waals surface area (Å²) >= 11 is 4.03. The van der Waals surface area contributed by atoms with Crippen LogP contribution < -0.4 is 10.2 Å². The van der Waals surface area contributed by atoms with Crippen molar-refractivity contribution in [2.45, 2.75) is 51.3 Å². The summed E-state index contributed by atoms with van der Waals surface area (Å²) in [6.07, 6.45) is 3.60. The summed E-state index contributed by atoms with van der Waals surface area (Å²) in [6, 6.07) is 8.16. The Labute approximate surface area is 153 Å². The number of rotatable bonds is 7. The summed E-state index contributed by atoms with van der Waals surface area (Å²) < 4.78 is 12.7. The van der Waals surface area contributed by atoms with E-state index in [0.717, 1.165) is 17.8 Å². The summed E-state index contributed by atoms with van der Waals surface area (Å²) in [7, 11) is 2.10. The largest absolute Gasteiger partial charge is 0.609 e. The first kappa shape index (κ1) is 19.2. The fourth-order valence-corrected chi connectivity index (χ4v) is 4.05. The van der Waals surface area contributed by atoms with Gasteiger partial charge in [0.15, 0.2) is 0 Å². The molecule has 0 spiro atoms. The number of thiocarbonyl (C=S) groups is 1. The van der Waals surface area contributed by atoms with Crippen LogP contribution in [0.4, 0.5) is 5.69 Å². The molecule has 0 bridgehead atoms. The molecule has 0 saturated heterocycles. The Kier molecular flexibility index (Phi) is 6.66. The smallest absolute Gasteiger partial charge is 0.318 e. The molecule has 1 atom stereocenters. The number of nitrogens with zero attached hydrogens (tertiary/aromatic N) is 2. The van der Waals surface area contributed by atoms with Gasteiger partial charge in [0, 0.05) is 36.0 Å². The Balaban J connectivity index is 2.07. The summed E-state index contributed by atoms with van der Waals surface area (Å²) in [6.45, 7) is 7.13. The van der Waals surface area contributed by atoms with E-state index >= 15 is 0 Å². The Bertz CT molecular complexity index is 616. The number of unbranched alkanes of at least 4 members (excludes halogenated alkanes) is 2. The molecule has 1 N–H and O–H groups in total. The van der Waals surface area contributed by atoms with Crippen LogP contribution in [0.1, 0.15) is 45.6 Å². The van der Waals surface area contributed by atoms with Crippen molar-refractivity contribution in [3.8, 4) is 0 Å². The molecule has 1 aromatic rings. The summed E-state index contributed by atoms with van der Waals surface area (Å²) in [5, 5.41) is 3.68. The van der Waals surface area contributed by atoms with E-state index in [0.29, 0.717) is 15.9 Å². The van der Waals surface area contributed by atoms with E-state index in [1.54, 1.807) is 0 Å². The third kappa shape index (κ3) is 4.71. The van der Waals surface area contributed by atoms with Crippen LogP contribution in [0.3, 0.4) is 0 Å². The minimum absolute atomic E-state index is 0.392. The Hall–Kier alpha value is -1.11. The molecule has 0 aromatic heterocycles. The van der Waals surface area contributed by atoms with Crippen LogP contribution in [0.5, 0.6) is 0 Å². The minimum Gasteiger partial charge on any atom is -0.609 e. The molecular weight excluding hydrogens is 338 g/mol. The quantitative estimate of drug-likeness (QED) is 0.455. The lowest BCUT2D eigenvalue weighted by Crippen LogP contribution is -2.44. The average molecular weight is 366 g/mol. The van der Waals surface area contributed by atoms with Crippen LogP contribution in [0.2, 0.25) is 0 Å². The molecule has 1 aromatic carbocycles. The molecule has 6 heteroatoms. The number of hydrogen-bond donors (Lipinski definition) is 1. The van der Waals surface area contributed by atoms with Gasteiger partial charge in [-0.15, -0.1) is 0 Å². The molecule has 1 aliphatic rings. The summed E-state index contributed by atoms with van der Waals surface area (Å²) in [5.74, 6) is 0.443. The topological polar surface area (TPSA) is 50.7 Å². The second kappa shape index (κ2) is 8.32. The van der Waals surface area contributed by atoms with E-state index in [9.17, 15) is 4.55 Å². The highest BCUT2D eigenvalue weighted by Crippen LogP contribution is 2.24. The van der Waals surface area contributed by atoms with E-state index in [1.165, 1.54) is 19.3 Å². The molecule has 4 nitrogen and oxygen atoms in total. The zero-order valence-electron chi connectivity index (χ0n) is 15.0. The Morgan fingerprint density at radius 1 is 1.29 bits per heavy atom. The molecule has 0 fully saturated rings. The van der Waals surface area contributed by atoms with E-state index in [2.05, 4.69) is 35.2 Å². The monoisotopic (exact) mass is 365 g/mol. The Morgan fingerprint density at radius 2 is 2.00 bits per heavy atom. The van der Waals surface area contributed by atoms with Crippen LogP contribution in [-0.2, 0) is 16.9 Å². The number of hydrogen-bond acceptors (Lipinski definition) is 4. The zero-order valence-corrected chi connectivity index (χ0v) is 16.6. The number of nitrogens with one attached hydrogen (secondary N) is 1. The lowest BCUT2D eigenvalue weighted by Gasteiger charge is -2.23. The molecule has 0 saturated carbocycles. The van der Waals surface area contributed by atoms with Crippen molar-refractivity contribution >= 4 is 39.2 Å². The van der Waals surface area contributed by atoms with Gasteiger partial charge in [-0.2, -0.15) is 4.99 Å². The van der Waals surface area contributed by atoms with Gasteiger partial charge in [0.2, 0.25) is 0 Å². The predicted octanol–water partition coefficient (Wildman–Crippen LogP) is 3.63. The van der Waals surface area contributed by atoms with Crippen LogP contribution >= 0.6 is 12.2 Å². The maximum absolute atomic E-state index is 12.7. The van der Waals surface area contributed by atoms with E-state index in [-0.39, 0.29) is 0 Å². The van der Waals surface area contributed by atoms with Gasteiger partial charge in [-0.25, -0.2) is 0 Å². The normalized spacial score (nSPS) is 17.4. The predicted molar refractivity (Wildman–Crippen MR) is 108 cm³/mol. The van der Waals surface area contributed by atoms with Gasteiger partial charge >= 0.3 is 5.17 Å². The third-order valence-electron chi connectivity index (χ3n) is 4.16.